The van der Waals surface area contributed by atoms with Crippen LogP contribution in [-0.2, 0) is 11.3 Å². The molecule has 0 aliphatic heterocycles. The fourth-order valence-electron chi connectivity index (χ4n) is 3.21. The summed E-state index contributed by atoms with van der Waals surface area (Å²) in [5, 5.41) is 24.7. The van der Waals surface area contributed by atoms with Crippen LogP contribution < -0.4 is 5.32 Å². The van der Waals surface area contributed by atoms with E-state index in [-0.39, 0.29) is 11.7 Å². The number of furan rings is 1. The average Bonchev–Trinajstić information content (AvgIpc) is 3.50. The van der Waals surface area contributed by atoms with E-state index >= 15 is 0 Å². The number of anilines is 1. The maximum absolute atomic E-state index is 12.8. The molecule has 0 radical (unpaired) electrons. The van der Waals surface area contributed by atoms with Crippen LogP contribution in [0.2, 0.25) is 0 Å². The quantitative estimate of drug-likeness (QED) is 0.445. The first-order valence-electron chi connectivity index (χ1n) is 9.47. The van der Waals surface area contributed by atoms with E-state index in [2.05, 4.69) is 26.9 Å². The van der Waals surface area contributed by atoms with Gasteiger partial charge in [-0.15, -0.1) is 5.10 Å². The number of hydrogen-bond donors (Lipinski definition) is 1. The SMILES string of the molecule is Cc1c(C#N)c(NC(=O)CSc2nnnn2Cc2ccco2)n(-c2ccccc2)c1C. The minimum atomic E-state index is -0.260. The minimum Gasteiger partial charge on any atom is -0.467 e. The molecular weight excluding hydrogens is 414 g/mol. The number of benzene rings is 1. The van der Waals surface area contributed by atoms with Crippen molar-refractivity contribution < 1.29 is 9.21 Å². The number of rotatable bonds is 7. The van der Waals surface area contributed by atoms with Gasteiger partial charge < -0.3 is 9.73 Å². The second-order valence-corrected chi connectivity index (χ2v) is 7.69. The van der Waals surface area contributed by atoms with E-state index in [1.165, 1.54) is 11.8 Å². The third kappa shape index (κ3) is 4.22. The van der Waals surface area contributed by atoms with Crippen molar-refractivity contribution in [2.24, 2.45) is 0 Å². The number of thioether (sulfide) groups is 1. The molecule has 4 rings (SSSR count). The first kappa shape index (κ1) is 20.4. The number of tetrazole rings is 1. The zero-order valence-corrected chi connectivity index (χ0v) is 17.8. The summed E-state index contributed by atoms with van der Waals surface area (Å²) in [7, 11) is 0. The molecule has 0 bridgehead atoms. The van der Waals surface area contributed by atoms with E-state index in [0.29, 0.717) is 28.8 Å². The summed E-state index contributed by atoms with van der Waals surface area (Å²) in [4.78, 5) is 12.8. The molecule has 0 fully saturated rings. The van der Waals surface area contributed by atoms with E-state index in [0.717, 1.165) is 16.9 Å². The van der Waals surface area contributed by atoms with Crippen LogP contribution in [0.15, 0.2) is 58.3 Å². The van der Waals surface area contributed by atoms with Crippen molar-refractivity contribution in [3.05, 3.63) is 71.3 Å². The number of carbonyl (C=O) groups is 1. The van der Waals surface area contributed by atoms with Crippen LogP contribution >= 0.6 is 11.8 Å². The molecule has 3 aromatic heterocycles. The van der Waals surface area contributed by atoms with E-state index in [1.807, 2.05) is 54.8 Å². The zero-order chi connectivity index (χ0) is 21.8. The standard InChI is InChI=1S/C21H19N7O2S/c1-14-15(2)28(16-7-4-3-5-8-16)20(18(14)11-22)23-19(29)13-31-21-24-25-26-27(21)12-17-9-6-10-30-17/h3-10H,12-13H2,1-2H3,(H,23,29). The van der Waals surface area contributed by atoms with Crippen LogP contribution in [0.3, 0.4) is 0 Å². The summed E-state index contributed by atoms with van der Waals surface area (Å²) in [5.41, 5.74) is 3.04. The second kappa shape index (κ2) is 8.89. The van der Waals surface area contributed by atoms with Gasteiger partial charge in [-0.1, -0.05) is 30.0 Å². The summed E-state index contributed by atoms with van der Waals surface area (Å²) in [6.45, 7) is 4.18. The van der Waals surface area contributed by atoms with E-state index < -0.39 is 0 Å². The molecule has 0 saturated heterocycles. The number of nitrogens with zero attached hydrogens (tertiary/aromatic N) is 6. The van der Waals surface area contributed by atoms with Gasteiger partial charge >= 0.3 is 0 Å². The molecule has 0 saturated carbocycles. The maximum Gasteiger partial charge on any atom is 0.236 e. The molecule has 9 nitrogen and oxygen atoms in total. The Kier molecular flexibility index (Phi) is 5.86. The smallest absolute Gasteiger partial charge is 0.236 e. The minimum absolute atomic E-state index is 0.0848. The van der Waals surface area contributed by atoms with Gasteiger partial charge in [0.15, 0.2) is 0 Å². The second-order valence-electron chi connectivity index (χ2n) is 6.75. The highest BCUT2D eigenvalue weighted by Crippen LogP contribution is 2.30. The summed E-state index contributed by atoms with van der Waals surface area (Å²) < 4.78 is 8.78. The number of para-hydroxylation sites is 1. The summed E-state index contributed by atoms with van der Waals surface area (Å²) in [5.74, 6) is 0.999. The molecule has 31 heavy (non-hydrogen) atoms. The fraction of sp³-hybridized carbons (Fsp3) is 0.190. The Labute approximate surface area is 182 Å². The van der Waals surface area contributed by atoms with Crippen molar-refractivity contribution >= 4 is 23.5 Å². The Bertz CT molecular complexity index is 1240. The lowest BCUT2D eigenvalue weighted by atomic mass is 10.2. The van der Waals surface area contributed by atoms with Gasteiger partial charge in [0, 0.05) is 11.4 Å². The van der Waals surface area contributed by atoms with E-state index in [4.69, 9.17) is 4.42 Å². The Hall–Kier alpha value is -3.84. The Morgan fingerprint density at radius 3 is 2.74 bits per heavy atom. The predicted octanol–water partition coefficient (Wildman–Crippen LogP) is 3.32. The number of amides is 1. The van der Waals surface area contributed by atoms with Crippen LogP contribution in [0.5, 0.6) is 0 Å². The van der Waals surface area contributed by atoms with Crippen LogP contribution in [-0.4, -0.2) is 36.4 Å². The summed E-state index contributed by atoms with van der Waals surface area (Å²) in [6, 6.07) is 15.4. The summed E-state index contributed by atoms with van der Waals surface area (Å²) >= 11 is 1.21. The van der Waals surface area contributed by atoms with Gasteiger partial charge in [-0.3, -0.25) is 9.36 Å². The van der Waals surface area contributed by atoms with Crippen molar-refractivity contribution in [3.63, 3.8) is 0 Å². The molecule has 1 amide bonds. The lowest BCUT2D eigenvalue weighted by Crippen LogP contribution is -2.18. The van der Waals surface area contributed by atoms with Crippen LogP contribution in [0.25, 0.3) is 5.69 Å². The molecule has 10 heteroatoms. The number of nitrogens with one attached hydrogen (secondary N) is 1. The topological polar surface area (TPSA) is 115 Å². The van der Waals surface area contributed by atoms with Crippen LogP contribution in [0, 0.1) is 25.2 Å². The molecule has 1 aromatic carbocycles. The largest absolute Gasteiger partial charge is 0.467 e. The molecule has 156 valence electrons. The highest BCUT2D eigenvalue weighted by Gasteiger charge is 2.21. The highest BCUT2D eigenvalue weighted by atomic mass is 32.2. The molecule has 3 heterocycles. The van der Waals surface area contributed by atoms with Gasteiger partial charge in [0.25, 0.3) is 0 Å². The normalized spacial score (nSPS) is 10.7. The maximum atomic E-state index is 12.8. The van der Waals surface area contributed by atoms with E-state index in [1.54, 1.807) is 17.0 Å². The van der Waals surface area contributed by atoms with Gasteiger partial charge in [0.05, 0.1) is 17.6 Å². The van der Waals surface area contributed by atoms with Gasteiger partial charge in [-0.25, -0.2) is 4.68 Å². The lowest BCUT2D eigenvalue weighted by molar-refractivity contribution is -0.113. The molecule has 0 aliphatic carbocycles. The number of hydrogen-bond acceptors (Lipinski definition) is 7. The van der Waals surface area contributed by atoms with Gasteiger partial charge in [0.1, 0.15) is 24.2 Å². The number of aromatic nitrogens is 5. The number of nitriles is 1. The highest BCUT2D eigenvalue weighted by molar-refractivity contribution is 7.99. The molecule has 4 aromatic rings. The lowest BCUT2D eigenvalue weighted by Gasteiger charge is -2.13. The van der Waals surface area contributed by atoms with Crippen molar-refractivity contribution in [1.29, 1.82) is 5.26 Å². The Balaban J connectivity index is 1.52. The van der Waals surface area contributed by atoms with Crippen molar-refractivity contribution in [2.75, 3.05) is 11.1 Å². The van der Waals surface area contributed by atoms with Crippen LogP contribution in [0.1, 0.15) is 22.6 Å². The first-order chi connectivity index (χ1) is 15.1. The molecule has 0 atom stereocenters. The van der Waals surface area contributed by atoms with Crippen molar-refractivity contribution in [2.45, 2.75) is 25.5 Å². The van der Waals surface area contributed by atoms with Crippen molar-refractivity contribution in [1.82, 2.24) is 24.8 Å². The molecule has 0 unspecified atom stereocenters. The molecule has 0 spiro atoms. The average molecular weight is 433 g/mol. The molecule has 1 N–H and O–H groups in total. The first-order valence-corrected chi connectivity index (χ1v) is 10.5. The summed E-state index contributed by atoms with van der Waals surface area (Å²) in [6.07, 6.45) is 1.58. The monoisotopic (exact) mass is 433 g/mol. The third-order valence-corrected chi connectivity index (χ3v) is 5.77. The fourth-order valence-corrected chi connectivity index (χ4v) is 3.88. The Morgan fingerprint density at radius 2 is 2.03 bits per heavy atom. The predicted molar refractivity (Wildman–Crippen MR) is 115 cm³/mol. The van der Waals surface area contributed by atoms with Gasteiger partial charge in [-0.05, 0) is 54.1 Å². The molecule has 0 aliphatic rings. The third-order valence-electron chi connectivity index (χ3n) is 4.81. The van der Waals surface area contributed by atoms with Crippen molar-refractivity contribution in [3.8, 4) is 11.8 Å². The molecular formula is C21H19N7O2S. The van der Waals surface area contributed by atoms with Gasteiger partial charge in [-0.2, -0.15) is 5.26 Å². The van der Waals surface area contributed by atoms with Crippen LogP contribution in [0.4, 0.5) is 5.82 Å². The number of carbonyl (C=O) groups excluding carboxylic acids is 1. The van der Waals surface area contributed by atoms with Gasteiger partial charge in [0.2, 0.25) is 11.1 Å². The zero-order valence-electron chi connectivity index (χ0n) is 16.9. The van der Waals surface area contributed by atoms with E-state index in [9.17, 15) is 10.1 Å². The Morgan fingerprint density at radius 1 is 1.23 bits per heavy atom.